The number of aromatic nitrogens is 1. The summed E-state index contributed by atoms with van der Waals surface area (Å²) in [4.78, 5) is 24.9. The third-order valence-electron chi connectivity index (χ3n) is 1.17. The number of amides is 1. The second-order valence-electron chi connectivity index (χ2n) is 2.02. The third-order valence-corrected chi connectivity index (χ3v) is 1.94. The van der Waals surface area contributed by atoms with Crippen LogP contribution < -0.4 is 5.32 Å². The highest BCUT2D eigenvalue weighted by Crippen LogP contribution is 2.14. The fourth-order valence-electron chi connectivity index (χ4n) is 0.689. The van der Waals surface area contributed by atoms with E-state index in [4.69, 9.17) is 4.74 Å². The van der Waals surface area contributed by atoms with Crippen LogP contribution in [0, 0.1) is 0 Å². The number of hydrogen-bond donors (Lipinski definition) is 1. The van der Waals surface area contributed by atoms with Gasteiger partial charge < -0.3 is 10.1 Å². The molecule has 0 aromatic carbocycles. The van der Waals surface area contributed by atoms with Gasteiger partial charge in [-0.05, 0) is 6.92 Å². The van der Waals surface area contributed by atoms with Crippen LogP contribution in [0.4, 0.5) is 5.13 Å². The molecule has 1 heterocycles. The molecule has 13 heavy (non-hydrogen) atoms. The third kappa shape index (κ3) is 2.51. The topological polar surface area (TPSA) is 68.3 Å². The molecule has 0 spiro atoms. The zero-order valence-electron chi connectivity index (χ0n) is 6.94. The molecule has 5 nitrogen and oxygen atoms in total. The van der Waals surface area contributed by atoms with E-state index in [1.165, 1.54) is 16.7 Å². The Hall–Kier alpha value is -1.43. The van der Waals surface area contributed by atoms with Gasteiger partial charge in [-0.25, -0.2) is 9.78 Å². The minimum atomic E-state index is -0.474. The van der Waals surface area contributed by atoms with Crippen molar-refractivity contribution in [2.24, 2.45) is 0 Å². The van der Waals surface area contributed by atoms with Gasteiger partial charge in [0.1, 0.15) is 0 Å². The van der Waals surface area contributed by atoms with Crippen molar-refractivity contribution in [1.82, 2.24) is 4.98 Å². The molecule has 0 aliphatic rings. The van der Waals surface area contributed by atoms with Gasteiger partial charge in [-0.1, -0.05) is 0 Å². The van der Waals surface area contributed by atoms with Crippen LogP contribution in [0.5, 0.6) is 0 Å². The lowest BCUT2D eigenvalue weighted by molar-refractivity contribution is -0.105. The molecule has 0 saturated heterocycles. The Bertz CT molecular complexity index is 310. The summed E-state index contributed by atoms with van der Waals surface area (Å²) >= 11 is 1.17. The molecule has 1 aromatic heterocycles. The van der Waals surface area contributed by atoms with Crippen LogP contribution in [0.25, 0.3) is 0 Å². The van der Waals surface area contributed by atoms with Gasteiger partial charge >= 0.3 is 5.97 Å². The highest BCUT2D eigenvalue weighted by Gasteiger charge is 2.10. The smallest absolute Gasteiger partial charge is 0.357 e. The Kier molecular flexibility index (Phi) is 3.39. The highest BCUT2D eigenvalue weighted by atomic mass is 32.1. The molecule has 0 unspecified atom stereocenters. The van der Waals surface area contributed by atoms with E-state index in [-0.39, 0.29) is 5.69 Å². The molecular formula is C7H8N2O3S. The maximum atomic E-state index is 11.1. The van der Waals surface area contributed by atoms with Gasteiger partial charge in [0.2, 0.25) is 6.41 Å². The van der Waals surface area contributed by atoms with Crippen LogP contribution in [0.2, 0.25) is 0 Å². The number of carbonyl (C=O) groups is 2. The van der Waals surface area contributed by atoms with Crippen LogP contribution in [0.15, 0.2) is 5.38 Å². The molecule has 1 amide bonds. The highest BCUT2D eigenvalue weighted by molar-refractivity contribution is 7.14. The van der Waals surface area contributed by atoms with Crippen molar-refractivity contribution < 1.29 is 14.3 Å². The molecule has 6 heteroatoms. The number of thiazole rings is 1. The summed E-state index contributed by atoms with van der Waals surface area (Å²) in [6.45, 7) is 2.03. The van der Waals surface area contributed by atoms with Crippen LogP contribution in [-0.2, 0) is 9.53 Å². The van der Waals surface area contributed by atoms with E-state index in [1.54, 1.807) is 6.92 Å². The van der Waals surface area contributed by atoms with Crippen molar-refractivity contribution in [3.8, 4) is 0 Å². The average Bonchev–Trinajstić information content (AvgIpc) is 2.54. The first kappa shape index (κ1) is 9.66. The van der Waals surface area contributed by atoms with E-state index in [2.05, 4.69) is 10.3 Å². The number of carbonyl (C=O) groups excluding carboxylic acids is 2. The zero-order chi connectivity index (χ0) is 9.68. The average molecular weight is 200 g/mol. The van der Waals surface area contributed by atoms with Crippen LogP contribution in [0.1, 0.15) is 17.4 Å². The van der Waals surface area contributed by atoms with E-state index in [9.17, 15) is 9.59 Å². The molecule has 0 aliphatic heterocycles. The fourth-order valence-corrected chi connectivity index (χ4v) is 1.33. The quantitative estimate of drug-likeness (QED) is 0.579. The van der Waals surface area contributed by atoms with Gasteiger partial charge in [0, 0.05) is 5.38 Å². The first-order valence-corrected chi connectivity index (χ1v) is 4.48. The summed E-state index contributed by atoms with van der Waals surface area (Å²) in [5.41, 5.74) is 0.219. The van der Waals surface area contributed by atoms with Crippen molar-refractivity contribution in [3.63, 3.8) is 0 Å². The minimum absolute atomic E-state index is 0.219. The first-order valence-electron chi connectivity index (χ1n) is 3.60. The minimum Gasteiger partial charge on any atom is -0.461 e. The van der Waals surface area contributed by atoms with Crippen molar-refractivity contribution in [1.29, 1.82) is 0 Å². The van der Waals surface area contributed by atoms with E-state index >= 15 is 0 Å². The Morgan fingerprint density at radius 2 is 2.62 bits per heavy atom. The van der Waals surface area contributed by atoms with Crippen LogP contribution >= 0.6 is 11.3 Å². The van der Waals surface area contributed by atoms with E-state index in [1.807, 2.05) is 0 Å². The van der Waals surface area contributed by atoms with E-state index in [0.717, 1.165) is 0 Å². The molecule has 0 saturated carbocycles. The van der Waals surface area contributed by atoms with Crippen LogP contribution in [0.3, 0.4) is 0 Å². The zero-order valence-corrected chi connectivity index (χ0v) is 7.76. The summed E-state index contributed by atoms with van der Waals surface area (Å²) in [5, 5.41) is 4.26. The van der Waals surface area contributed by atoms with Gasteiger partial charge in [-0.3, -0.25) is 4.79 Å². The summed E-state index contributed by atoms with van der Waals surface area (Å²) in [5.74, 6) is -0.474. The number of hydrogen-bond acceptors (Lipinski definition) is 5. The molecule has 0 radical (unpaired) electrons. The maximum absolute atomic E-state index is 11.1. The lowest BCUT2D eigenvalue weighted by Crippen LogP contribution is -2.05. The first-order chi connectivity index (χ1) is 6.27. The number of ether oxygens (including phenoxy) is 1. The maximum Gasteiger partial charge on any atom is 0.357 e. The van der Waals surface area contributed by atoms with Gasteiger partial charge in [-0.15, -0.1) is 11.3 Å². The van der Waals surface area contributed by atoms with Crippen molar-refractivity contribution in [2.75, 3.05) is 11.9 Å². The Labute approximate surface area is 78.7 Å². The second-order valence-corrected chi connectivity index (χ2v) is 2.88. The second kappa shape index (κ2) is 4.56. The van der Waals surface area contributed by atoms with Gasteiger partial charge in [0.05, 0.1) is 6.61 Å². The number of nitrogens with zero attached hydrogens (tertiary/aromatic N) is 1. The SMILES string of the molecule is CCOC(=O)c1csc(NC=O)n1. The monoisotopic (exact) mass is 200 g/mol. The summed E-state index contributed by atoms with van der Waals surface area (Å²) in [6, 6.07) is 0. The molecule has 0 fully saturated rings. The van der Waals surface area contributed by atoms with Gasteiger partial charge in [0.15, 0.2) is 10.8 Å². The molecule has 0 aliphatic carbocycles. The lowest BCUT2D eigenvalue weighted by atomic mass is 10.5. The largest absolute Gasteiger partial charge is 0.461 e. The predicted molar refractivity (Wildman–Crippen MR) is 47.8 cm³/mol. The fraction of sp³-hybridized carbons (Fsp3) is 0.286. The normalized spacial score (nSPS) is 9.31. The number of nitrogens with one attached hydrogen (secondary N) is 1. The van der Waals surface area contributed by atoms with Crippen molar-refractivity contribution >= 4 is 28.8 Å². The molecule has 0 atom stereocenters. The van der Waals surface area contributed by atoms with Crippen molar-refractivity contribution in [3.05, 3.63) is 11.1 Å². The molecule has 1 rings (SSSR count). The lowest BCUT2D eigenvalue weighted by Gasteiger charge is -1.95. The summed E-state index contributed by atoms with van der Waals surface area (Å²) in [7, 11) is 0. The van der Waals surface area contributed by atoms with E-state index < -0.39 is 5.97 Å². The number of esters is 1. The number of anilines is 1. The van der Waals surface area contributed by atoms with Gasteiger partial charge in [0.25, 0.3) is 0 Å². The Balaban J connectivity index is 2.67. The molecular weight excluding hydrogens is 192 g/mol. The van der Waals surface area contributed by atoms with Gasteiger partial charge in [-0.2, -0.15) is 0 Å². The molecule has 0 bridgehead atoms. The Morgan fingerprint density at radius 3 is 3.23 bits per heavy atom. The Morgan fingerprint density at radius 1 is 1.85 bits per heavy atom. The molecule has 1 aromatic rings. The van der Waals surface area contributed by atoms with Crippen molar-refractivity contribution in [2.45, 2.75) is 6.92 Å². The van der Waals surface area contributed by atoms with Crippen LogP contribution in [-0.4, -0.2) is 24.0 Å². The number of rotatable bonds is 4. The summed E-state index contributed by atoms with van der Waals surface area (Å²) in [6.07, 6.45) is 0.508. The standard InChI is InChI=1S/C7H8N2O3S/c1-2-12-6(11)5-3-13-7(9-5)8-4-10/h3-4H,2H2,1H3,(H,8,9,10). The molecule has 1 N–H and O–H groups in total. The predicted octanol–water partition coefficient (Wildman–Crippen LogP) is 0.888. The van der Waals surface area contributed by atoms with E-state index in [0.29, 0.717) is 18.1 Å². The summed E-state index contributed by atoms with van der Waals surface area (Å²) < 4.78 is 4.71. The molecule has 70 valence electrons.